The van der Waals surface area contributed by atoms with E-state index in [1.807, 2.05) is 0 Å². The van der Waals surface area contributed by atoms with Gasteiger partial charge in [-0.3, -0.25) is 9.59 Å². The molecule has 1 unspecified atom stereocenters. The molecule has 0 spiro atoms. The van der Waals surface area contributed by atoms with E-state index in [4.69, 9.17) is 5.73 Å². The summed E-state index contributed by atoms with van der Waals surface area (Å²) >= 11 is 0. The maximum absolute atomic E-state index is 14.3. The molecule has 0 heterocycles. The number of hydrogen-bond acceptors (Lipinski definition) is 2. The average Bonchev–Trinajstić information content (AvgIpc) is 3.13. The van der Waals surface area contributed by atoms with Crippen molar-refractivity contribution in [2.24, 2.45) is 17.1 Å². The van der Waals surface area contributed by atoms with Crippen molar-refractivity contribution in [2.45, 2.75) is 32.1 Å². The zero-order chi connectivity index (χ0) is 18.9. The summed E-state index contributed by atoms with van der Waals surface area (Å²) in [7, 11) is 0. The van der Waals surface area contributed by atoms with Crippen LogP contribution in [0.3, 0.4) is 0 Å². The number of rotatable bonds is 4. The van der Waals surface area contributed by atoms with Crippen LogP contribution in [0.15, 0.2) is 41.8 Å². The summed E-state index contributed by atoms with van der Waals surface area (Å²) in [6.45, 7) is 0. The third kappa shape index (κ3) is 3.25. The van der Waals surface area contributed by atoms with Crippen LogP contribution >= 0.6 is 0 Å². The molecule has 2 aliphatic rings. The normalized spacial score (nSPS) is 23.3. The Labute approximate surface area is 148 Å². The summed E-state index contributed by atoms with van der Waals surface area (Å²) in [4.78, 5) is 24.7. The summed E-state index contributed by atoms with van der Waals surface area (Å²) in [6, 6.07) is 2.84. The molecule has 0 aliphatic heterocycles. The number of nitrogens with two attached hydrogens (primary N) is 1. The summed E-state index contributed by atoms with van der Waals surface area (Å²) in [5.74, 6) is -4.38. The van der Waals surface area contributed by atoms with Gasteiger partial charge in [-0.15, -0.1) is 0 Å². The van der Waals surface area contributed by atoms with Crippen LogP contribution in [0.25, 0.3) is 0 Å². The lowest BCUT2D eigenvalue weighted by molar-refractivity contribution is -0.128. The molecule has 7 heteroatoms. The molecule has 0 saturated heterocycles. The largest absolute Gasteiger partial charge is 0.369 e. The molecule has 2 amide bonds. The van der Waals surface area contributed by atoms with Crippen LogP contribution in [0.2, 0.25) is 0 Å². The average molecular weight is 364 g/mol. The monoisotopic (exact) mass is 364 g/mol. The molecule has 3 rings (SSSR count). The molecule has 26 heavy (non-hydrogen) atoms. The molecular weight excluding hydrogens is 345 g/mol. The van der Waals surface area contributed by atoms with Crippen molar-refractivity contribution < 1.29 is 22.8 Å². The number of amides is 2. The first kappa shape index (κ1) is 18.2. The number of carbonyl (C=O) groups excluding carboxylic acids is 2. The number of anilines is 1. The SMILES string of the molecule is NC(=O)C1(C2CCCC2)C=CC(F)=C(C(=O)Nc2ccc(F)c(F)c2)C1. The van der Waals surface area contributed by atoms with Gasteiger partial charge in [-0.2, -0.15) is 0 Å². The summed E-state index contributed by atoms with van der Waals surface area (Å²) < 4.78 is 40.6. The molecule has 0 bridgehead atoms. The first-order valence-corrected chi connectivity index (χ1v) is 8.47. The maximum Gasteiger partial charge on any atom is 0.254 e. The highest BCUT2D eigenvalue weighted by molar-refractivity contribution is 6.05. The van der Waals surface area contributed by atoms with Gasteiger partial charge >= 0.3 is 0 Å². The first-order valence-electron chi connectivity index (χ1n) is 8.47. The summed E-state index contributed by atoms with van der Waals surface area (Å²) in [6.07, 6.45) is 5.90. The second-order valence-corrected chi connectivity index (χ2v) is 6.81. The third-order valence-corrected chi connectivity index (χ3v) is 5.28. The van der Waals surface area contributed by atoms with Crippen LogP contribution in [0.1, 0.15) is 32.1 Å². The van der Waals surface area contributed by atoms with Gasteiger partial charge in [0.2, 0.25) is 5.91 Å². The lowest BCUT2D eigenvalue weighted by atomic mass is 9.67. The molecule has 138 valence electrons. The highest BCUT2D eigenvalue weighted by Gasteiger charge is 2.46. The van der Waals surface area contributed by atoms with Gasteiger partial charge in [0.15, 0.2) is 11.6 Å². The molecule has 1 saturated carbocycles. The van der Waals surface area contributed by atoms with Crippen molar-refractivity contribution in [3.05, 3.63) is 53.4 Å². The minimum atomic E-state index is -1.13. The van der Waals surface area contributed by atoms with E-state index in [2.05, 4.69) is 5.32 Å². The predicted octanol–water partition coefficient (Wildman–Crippen LogP) is 3.75. The number of allylic oxidation sites excluding steroid dienone is 2. The Kier molecular flexibility index (Phi) is 4.89. The highest BCUT2D eigenvalue weighted by Crippen LogP contribution is 2.47. The van der Waals surface area contributed by atoms with E-state index < -0.39 is 34.7 Å². The standard InChI is InChI=1S/C19H19F3N2O2/c20-14-7-8-19(18(23)26,11-3-1-2-4-11)10-13(14)17(25)24-12-5-6-15(21)16(22)9-12/h5-9,11H,1-4,10H2,(H2,23,26)(H,24,25). The Morgan fingerprint density at radius 2 is 1.81 bits per heavy atom. The Morgan fingerprint density at radius 3 is 2.42 bits per heavy atom. The van der Waals surface area contributed by atoms with E-state index in [9.17, 15) is 22.8 Å². The molecule has 0 radical (unpaired) electrons. The third-order valence-electron chi connectivity index (χ3n) is 5.28. The number of nitrogens with one attached hydrogen (secondary N) is 1. The maximum atomic E-state index is 14.3. The van der Waals surface area contributed by atoms with Gasteiger partial charge in [-0.25, -0.2) is 13.2 Å². The van der Waals surface area contributed by atoms with Crippen molar-refractivity contribution in [3.8, 4) is 0 Å². The smallest absolute Gasteiger partial charge is 0.254 e. The van der Waals surface area contributed by atoms with Crippen molar-refractivity contribution >= 4 is 17.5 Å². The molecule has 3 N–H and O–H groups in total. The van der Waals surface area contributed by atoms with E-state index in [-0.39, 0.29) is 23.6 Å². The lowest BCUT2D eigenvalue weighted by Crippen LogP contribution is -2.43. The fourth-order valence-electron chi connectivity index (χ4n) is 3.82. The van der Waals surface area contributed by atoms with Gasteiger partial charge in [-0.1, -0.05) is 18.9 Å². The van der Waals surface area contributed by atoms with E-state index >= 15 is 0 Å². The van der Waals surface area contributed by atoms with Gasteiger partial charge in [0, 0.05) is 11.8 Å². The van der Waals surface area contributed by atoms with Crippen molar-refractivity contribution in [2.75, 3.05) is 5.32 Å². The molecule has 1 fully saturated rings. The summed E-state index contributed by atoms with van der Waals surface area (Å²) in [5, 5.41) is 2.35. The molecule has 1 aromatic rings. The fourth-order valence-corrected chi connectivity index (χ4v) is 3.82. The zero-order valence-corrected chi connectivity index (χ0v) is 14.0. The molecular formula is C19H19F3N2O2. The minimum absolute atomic E-state index is 0.00528. The van der Waals surface area contributed by atoms with Crippen LogP contribution in [0, 0.1) is 23.0 Å². The number of benzene rings is 1. The second kappa shape index (κ2) is 6.97. The van der Waals surface area contributed by atoms with Gasteiger partial charge < -0.3 is 11.1 Å². The quantitative estimate of drug-likeness (QED) is 0.854. The Hall–Kier alpha value is -2.57. The molecule has 0 aromatic heterocycles. The van der Waals surface area contributed by atoms with Crippen LogP contribution in [0.4, 0.5) is 18.9 Å². The number of carbonyl (C=O) groups is 2. The zero-order valence-electron chi connectivity index (χ0n) is 14.0. The van der Waals surface area contributed by atoms with Crippen LogP contribution in [0.5, 0.6) is 0 Å². The fraction of sp³-hybridized carbons (Fsp3) is 0.368. The van der Waals surface area contributed by atoms with Crippen LogP contribution in [-0.4, -0.2) is 11.8 Å². The molecule has 1 atom stereocenters. The van der Waals surface area contributed by atoms with E-state index in [1.54, 1.807) is 0 Å². The minimum Gasteiger partial charge on any atom is -0.369 e. The Morgan fingerprint density at radius 1 is 1.12 bits per heavy atom. The van der Waals surface area contributed by atoms with Gasteiger partial charge in [0.1, 0.15) is 5.83 Å². The van der Waals surface area contributed by atoms with Crippen molar-refractivity contribution in [1.82, 2.24) is 0 Å². The molecule has 1 aromatic carbocycles. The molecule has 4 nitrogen and oxygen atoms in total. The van der Waals surface area contributed by atoms with Crippen LogP contribution in [-0.2, 0) is 9.59 Å². The Bertz CT molecular complexity index is 813. The predicted molar refractivity (Wildman–Crippen MR) is 90.5 cm³/mol. The van der Waals surface area contributed by atoms with Gasteiger partial charge in [0.05, 0.1) is 11.0 Å². The van der Waals surface area contributed by atoms with Crippen molar-refractivity contribution in [3.63, 3.8) is 0 Å². The first-order chi connectivity index (χ1) is 12.3. The van der Waals surface area contributed by atoms with E-state index in [0.29, 0.717) is 0 Å². The highest BCUT2D eigenvalue weighted by atomic mass is 19.2. The van der Waals surface area contributed by atoms with E-state index in [1.165, 1.54) is 12.1 Å². The van der Waals surface area contributed by atoms with Crippen LogP contribution < -0.4 is 11.1 Å². The molecule has 2 aliphatic carbocycles. The van der Waals surface area contributed by atoms with Gasteiger partial charge in [0.25, 0.3) is 5.91 Å². The van der Waals surface area contributed by atoms with Gasteiger partial charge in [-0.05, 0) is 43.4 Å². The number of primary amides is 1. The number of halogens is 3. The topological polar surface area (TPSA) is 72.2 Å². The second-order valence-electron chi connectivity index (χ2n) is 6.81. The summed E-state index contributed by atoms with van der Waals surface area (Å²) in [5.41, 5.74) is 4.29. The van der Waals surface area contributed by atoms with E-state index in [0.717, 1.165) is 43.9 Å². The lowest BCUT2D eigenvalue weighted by Gasteiger charge is -2.36. The van der Waals surface area contributed by atoms with Crippen molar-refractivity contribution in [1.29, 1.82) is 0 Å². The Balaban J connectivity index is 1.85. The number of hydrogen-bond donors (Lipinski definition) is 2.